The lowest BCUT2D eigenvalue weighted by Gasteiger charge is -2.30. The topological polar surface area (TPSA) is 57.2 Å². The molecule has 0 N–H and O–H groups in total. The van der Waals surface area contributed by atoms with E-state index in [1.165, 1.54) is 202 Å². The van der Waals surface area contributed by atoms with Crippen molar-refractivity contribution in [3.05, 3.63) is 99.6 Å². The van der Waals surface area contributed by atoms with Gasteiger partial charge in [0.05, 0.1) is 4.90 Å². The second-order valence-corrected chi connectivity index (χ2v) is 25.9. The smallest absolute Gasteiger partial charge is 0.125 e. The van der Waals surface area contributed by atoms with E-state index in [1.54, 1.807) is 56.8 Å². The van der Waals surface area contributed by atoms with Gasteiger partial charge in [-0.1, -0.05) is 175 Å². The summed E-state index contributed by atoms with van der Waals surface area (Å²) in [5, 5.41) is 0. The third kappa shape index (κ3) is 11.5. The third-order valence-electron chi connectivity index (χ3n) is 17.9. The molecule has 6 heteroatoms. The number of benzene rings is 4. The van der Waals surface area contributed by atoms with E-state index < -0.39 is 10.1 Å². The van der Waals surface area contributed by atoms with Crippen LogP contribution in [0.25, 0.3) is 11.1 Å². The molecule has 0 spiro atoms. The molecule has 4 aromatic rings. The van der Waals surface area contributed by atoms with Gasteiger partial charge in [0.25, 0.3) is 0 Å². The summed E-state index contributed by atoms with van der Waals surface area (Å²) in [5.41, 5.74) is 14.0. The second kappa shape index (κ2) is 22.3. The molecule has 6 saturated carbocycles. The lowest BCUT2D eigenvalue weighted by Crippen LogP contribution is -2.12. The number of hydrogen-bond donors (Lipinski definition) is 0. The maximum atomic E-state index is 12.1. The largest absolute Gasteiger partial charge is 0.744 e. The van der Waals surface area contributed by atoms with E-state index in [1.807, 2.05) is 0 Å². The molecule has 6 aliphatic carbocycles. The zero-order valence-corrected chi connectivity index (χ0v) is 43.3. The lowest BCUT2D eigenvalue weighted by atomic mass is 9.75. The van der Waals surface area contributed by atoms with Crippen molar-refractivity contribution in [2.75, 3.05) is 0 Å². The monoisotopic (exact) mass is 956 g/mol. The summed E-state index contributed by atoms with van der Waals surface area (Å²) in [6, 6.07) is 23.8. The van der Waals surface area contributed by atoms with Crippen LogP contribution in [0.5, 0.6) is 0 Å². The van der Waals surface area contributed by atoms with Gasteiger partial charge in [0.2, 0.25) is 0 Å². The predicted octanol–water partition coefficient (Wildman–Crippen LogP) is 19.2. The minimum absolute atomic E-state index is 0.0277. The molecular weight excluding hydrogens is 877 g/mol. The van der Waals surface area contributed by atoms with Crippen molar-refractivity contribution < 1.29 is 13.0 Å². The molecule has 0 bridgehead atoms. The molecule has 0 aromatic heterocycles. The molecule has 1 aliphatic heterocycles. The van der Waals surface area contributed by atoms with Gasteiger partial charge >= 0.3 is 0 Å². The predicted molar refractivity (Wildman–Crippen MR) is 281 cm³/mol. The van der Waals surface area contributed by atoms with Crippen LogP contribution in [0.3, 0.4) is 0 Å². The van der Waals surface area contributed by atoms with Crippen molar-refractivity contribution in [3.63, 3.8) is 0 Å². The minimum Gasteiger partial charge on any atom is -0.744 e. The van der Waals surface area contributed by atoms with Crippen LogP contribution in [0.15, 0.2) is 85.1 Å². The highest BCUT2D eigenvalue weighted by molar-refractivity contribution is 8.05. The summed E-state index contributed by atoms with van der Waals surface area (Å²) in [7, 11) is -4.52. The van der Waals surface area contributed by atoms with Crippen LogP contribution in [0.2, 0.25) is 0 Å². The standard InChI is InChI=1S/C37H52.C24H28O3S3/c1-27-36(30-18-10-4-11-19-30)25-35(26-37(27)31-20-12-5-13-21-31)34-23-32(28-14-6-2-7-15-28)22-33(24-34)29-16-8-3-9-17-29;25-30(26,27)23-15-19(17-9-5-2-6-10-17)14-22-24(23)29-20-12-11-18(13-21(20)28-22)16-7-3-1-4-8-16/h22-26,28-31H,2-21H2,1H3;11-17H,1-10H2,(H,25,26,27)/p-1. The zero-order chi connectivity index (χ0) is 45.7. The molecule has 11 rings (SSSR count). The van der Waals surface area contributed by atoms with Crippen LogP contribution in [-0.4, -0.2) is 13.0 Å². The van der Waals surface area contributed by atoms with Crippen LogP contribution in [0.1, 0.15) is 267 Å². The first-order chi connectivity index (χ1) is 32.7. The van der Waals surface area contributed by atoms with E-state index in [9.17, 15) is 13.0 Å². The zero-order valence-electron chi connectivity index (χ0n) is 40.9. The van der Waals surface area contributed by atoms with E-state index >= 15 is 0 Å². The minimum atomic E-state index is -4.52. The average molecular weight is 957 g/mol. The fourth-order valence-electron chi connectivity index (χ4n) is 14.0. The van der Waals surface area contributed by atoms with Crippen LogP contribution < -0.4 is 0 Å². The molecule has 0 amide bonds. The van der Waals surface area contributed by atoms with Crippen LogP contribution in [-0.2, 0) is 10.1 Å². The van der Waals surface area contributed by atoms with E-state index in [-0.39, 0.29) is 4.90 Å². The molecule has 7 aliphatic rings. The molecule has 4 aromatic carbocycles. The van der Waals surface area contributed by atoms with Gasteiger partial charge in [-0.3, -0.25) is 0 Å². The van der Waals surface area contributed by atoms with Crippen LogP contribution in [0, 0.1) is 6.92 Å². The Balaban J connectivity index is 0.000000160. The number of hydrogen-bond acceptors (Lipinski definition) is 5. The Labute approximate surface area is 414 Å². The quantitative estimate of drug-likeness (QED) is 0.145. The van der Waals surface area contributed by atoms with Crippen molar-refractivity contribution >= 4 is 33.6 Å². The van der Waals surface area contributed by atoms with Gasteiger partial charge < -0.3 is 4.55 Å². The van der Waals surface area contributed by atoms with Crippen molar-refractivity contribution in [3.8, 4) is 11.1 Å². The van der Waals surface area contributed by atoms with E-state index in [2.05, 4.69) is 61.5 Å². The van der Waals surface area contributed by atoms with Crippen LogP contribution in [0.4, 0.5) is 0 Å². The van der Waals surface area contributed by atoms with Gasteiger partial charge in [-0.2, -0.15) is 0 Å². The van der Waals surface area contributed by atoms with Gasteiger partial charge in [0.15, 0.2) is 0 Å². The average Bonchev–Trinajstić information content (AvgIpc) is 3.39. The van der Waals surface area contributed by atoms with Gasteiger partial charge in [-0.15, -0.1) is 0 Å². The maximum absolute atomic E-state index is 12.1. The maximum Gasteiger partial charge on any atom is 0.125 e. The summed E-state index contributed by atoms with van der Waals surface area (Å²) in [6.45, 7) is 2.49. The Morgan fingerprint density at radius 1 is 0.388 bits per heavy atom. The summed E-state index contributed by atoms with van der Waals surface area (Å²) in [4.78, 5) is 3.78. The summed E-state index contributed by atoms with van der Waals surface area (Å²) in [6.07, 6.45) is 40.7. The molecule has 0 saturated heterocycles. The van der Waals surface area contributed by atoms with Crippen molar-refractivity contribution in [1.82, 2.24) is 0 Å². The van der Waals surface area contributed by atoms with Gasteiger partial charge in [0.1, 0.15) is 10.1 Å². The number of rotatable bonds is 8. The van der Waals surface area contributed by atoms with Gasteiger partial charge in [-0.25, -0.2) is 8.42 Å². The highest BCUT2D eigenvalue weighted by Gasteiger charge is 2.29. The Hall–Kier alpha value is -2.51. The molecule has 1 heterocycles. The third-order valence-corrected chi connectivity index (χ3v) is 21.5. The van der Waals surface area contributed by atoms with Gasteiger partial charge in [-0.05, 0) is 194 Å². The van der Waals surface area contributed by atoms with E-state index in [0.29, 0.717) is 16.7 Å². The molecule has 0 unspecified atom stereocenters. The molecule has 3 nitrogen and oxygen atoms in total. The number of fused-ring (bicyclic) bond motifs is 2. The van der Waals surface area contributed by atoms with Gasteiger partial charge in [0, 0.05) is 19.6 Å². The Kier molecular flexibility index (Phi) is 16.0. The summed E-state index contributed by atoms with van der Waals surface area (Å²) < 4.78 is 36.4. The molecule has 0 atom stereocenters. The molecular formula is C61H79O3S3-. The van der Waals surface area contributed by atoms with E-state index in [4.69, 9.17) is 0 Å². The lowest BCUT2D eigenvalue weighted by molar-refractivity contribution is 0.433. The molecule has 360 valence electrons. The molecule has 67 heavy (non-hydrogen) atoms. The fraction of sp³-hybridized carbons (Fsp3) is 0.607. The highest BCUT2D eigenvalue weighted by Crippen LogP contribution is 2.53. The summed E-state index contributed by atoms with van der Waals surface area (Å²) in [5.74, 6) is 4.16. The Morgan fingerprint density at radius 3 is 1.19 bits per heavy atom. The highest BCUT2D eigenvalue weighted by atomic mass is 32.2. The van der Waals surface area contributed by atoms with Crippen molar-refractivity contribution in [2.24, 2.45) is 0 Å². The Bertz CT molecular complexity index is 2340. The van der Waals surface area contributed by atoms with Crippen molar-refractivity contribution in [1.29, 1.82) is 0 Å². The first-order valence-electron chi connectivity index (χ1n) is 27.7. The molecule has 6 fully saturated rings. The summed E-state index contributed by atoms with van der Waals surface area (Å²) >= 11 is 3.09. The SMILES string of the molecule is Cc1c(C2CCCCC2)cc(-c2cc(C3CCCCC3)cc(C3CCCCC3)c2)cc1C1CCCCC1.O=S(=O)([O-])c1cc(C2CCCCC2)cc2c1Sc1ccc(C3CCCCC3)cc1S2. The van der Waals surface area contributed by atoms with Crippen molar-refractivity contribution in [2.45, 2.75) is 260 Å². The second-order valence-electron chi connectivity index (χ2n) is 22.4. The normalized spacial score (nSPS) is 22.1. The van der Waals surface area contributed by atoms with E-state index in [0.717, 1.165) is 51.9 Å². The first-order valence-corrected chi connectivity index (χ1v) is 30.7. The molecule has 0 radical (unpaired) electrons. The fourth-order valence-corrected chi connectivity index (χ4v) is 17.5. The van der Waals surface area contributed by atoms with Crippen LogP contribution >= 0.6 is 23.5 Å². The Morgan fingerprint density at radius 2 is 0.761 bits per heavy atom. The first kappa shape index (κ1) is 48.1.